The molecule has 0 aliphatic rings. The molecule has 0 radical (unpaired) electrons. The summed E-state index contributed by atoms with van der Waals surface area (Å²) in [5, 5.41) is 1.22. The first-order valence-corrected chi connectivity index (χ1v) is 5.34. The van der Waals surface area contributed by atoms with Gasteiger partial charge < -0.3 is 4.98 Å². The molecule has 0 saturated carbocycles. The van der Waals surface area contributed by atoms with Gasteiger partial charge in [0.1, 0.15) is 0 Å². The van der Waals surface area contributed by atoms with Gasteiger partial charge in [0.15, 0.2) is 0 Å². The first kappa shape index (κ1) is 9.16. The summed E-state index contributed by atoms with van der Waals surface area (Å²) in [7, 11) is 0. The first-order chi connectivity index (χ1) is 7.84. The second-order valence-electron chi connectivity index (χ2n) is 3.95. The van der Waals surface area contributed by atoms with Crippen LogP contribution in [0.15, 0.2) is 48.8 Å². The Kier molecular flexibility index (Phi) is 2.00. The van der Waals surface area contributed by atoms with Gasteiger partial charge in [-0.25, -0.2) is 0 Å². The monoisotopic (exact) mass is 208 g/mol. The summed E-state index contributed by atoms with van der Waals surface area (Å²) < 4.78 is 0. The van der Waals surface area contributed by atoms with Gasteiger partial charge in [-0.3, -0.25) is 4.98 Å². The number of hydrogen-bond donors (Lipinski definition) is 1. The maximum Gasteiger partial charge on any atom is 0.0731 e. The molecule has 0 aliphatic carbocycles. The molecular formula is C14H12N2. The van der Waals surface area contributed by atoms with Crippen molar-refractivity contribution in [2.45, 2.75) is 6.92 Å². The predicted molar refractivity (Wildman–Crippen MR) is 66.3 cm³/mol. The van der Waals surface area contributed by atoms with Crippen LogP contribution in [0, 0.1) is 6.92 Å². The second kappa shape index (κ2) is 3.49. The van der Waals surface area contributed by atoms with Crippen LogP contribution >= 0.6 is 0 Å². The van der Waals surface area contributed by atoms with Crippen LogP contribution < -0.4 is 0 Å². The molecule has 2 heteroatoms. The summed E-state index contributed by atoms with van der Waals surface area (Å²) in [5.74, 6) is 0. The molecule has 0 amide bonds. The number of rotatable bonds is 1. The lowest BCUT2D eigenvalue weighted by Gasteiger charge is -2.04. The molecule has 0 fully saturated rings. The van der Waals surface area contributed by atoms with Crippen LogP contribution in [0.2, 0.25) is 0 Å². The van der Waals surface area contributed by atoms with E-state index in [1.54, 1.807) is 0 Å². The van der Waals surface area contributed by atoms with E-state index in [1.807, 2.05) is 18.5 Å². The Morgan fingerprint density at radius 3 is 2.94 bits per heavy atom. The van der Waals surface area contributed by atoms with Gasteiger partial charge in [-0.05, 0) is 36.8 Å². The zero-order valence-electron chi connectivity index (χ0n) is 9.07. The number of nitrogens with zero attached hydrogens (tertiary/aromatic N) is 1. The van der Waals surface area contributed by atoms with Crippen molar-refractivity contribution in [2.75, 3.05) is 0 Å². The van der Waals surface area contributed by atoms with Gasteiger partial charge in [0, 0.05) is 28.9 Å². The lowest BCUT2D eigenvalue weighted by Crippen LogP contribution is -1.86. The molecule has 3 aromatic rings. The molecule has 0 spiro atoms. The average Bonchev–Trinajstić information content (AvgIpc) is 2.76. The van der Waals surface area contributed by atoms with Gasteiger partial charge in [0.2, 0.25) is 0 Å². The Morgan fingerprint density at radius 1 is 1.12 bits per heavy atom. The molecule has 0 aliphatic heterocycles. The number of nitrogens with one attached hydrogen (secondary N) is 1. The highest BCUT2D eigenvalue weighted by molar-refractivity contribution is 5.84. The zero-order valence-corrected chi connectivity index (χ0v) is 9.07. The summed E-state index contributed by atoms with van der Waals surface area (Å²) in [5.41, 5.74) is 4.60. The highest BCUT2D eigenvalue weighted by atomic mass is 14.7. The molecule has 2 heterocycles. The number of aryl methyl sites for hydroxylation is 1. The lowest BCUT2D eigenvalue weighted by atomic mass is 10.1. The predicted octanol–water partition coefficient (Wildman–Crippen LogP) is 3.54. The zero-order chi connectivity index (χ0) is 11.0. The van der Waals surface area contributed by atoms with Crippen molar-refractivity contribution in [3.05, 3.63) is 54.4 Å². The molecule has 16 heavy (non-hydrogen) atoms. The average molecular weight is 208 g/mol. The number of hydrogen-bond acceptors (Lipinski definition) is 1. The normalized spacial score (nSPS) is 10.8. The molecule has 0 unspecified atom stereocenters. The Hall–Kier alpha value is -2.09. The molecule has 1 N–H and O–H groups in total. The van der Waals surface area contributed by atoms with Crippen molar-refractivity contribution in [3.63, 3.8) is 0 Å². The third-order valence-electron chi connectivity index (χ3n) is 2.84. The highest BCUT2D eigenvalue weighted by Gasteiger charge is 2.03. The van der Waals surface area contributed by atoms with Crippen LogP contribution in [-0.4, -0.2) is 9.97 Å². The Bertz CT molecular complexity index is 638. The van der Waals surface area contributed by atoms with Crippen molar-refractivity contribution in [3.8, 4) is 11.3 Å². The van der Waals surface area contributed by atoms with Crippen LogP contribution in [0.25, 0.3) is 22.2 Å². The maximum atomic E-state index is 4.43. The van der Waals surface area contributed by atoms with Crippen LogP contribution in [0.5, 0.6) is 0 Å². The molecule has 1 aromatic carbocycles. The molecule has 2 aromatic heterocycles. The maximum absolute atomic E-state index is 4.43. The van der Waals surface area contributed by atoms with E-state index < -0.39 is 0 Å². The molecule has 3 rings (SSSR count). The fourth-order valence-electron chi connectivity index (χ4n) is 1.99. The number of aromatic amines is 1. The Labute approximate surface area is 94.0 Å². The van der Waals surface area contributed by atoms with Gasteiger partial charge in [-0.1, -0.05) is 12.1 Å². The van der Waals surface area contributed by atoms with Crippen molar-refractivity contribution in [2.24, 2.45) is 0 Å². The van der Waals surface area contributed by atoms with E-state index in [1.165, 1.54) is 16.5 Å². The van der Waals surface area contributed by atoms with Crippen molar-refractivity contribution >= 4 is 10.9 Å². The molecule has 0 saturated heterocycles. The van der Waals surface area contributed by atoms with E-state index >= 15 is 0 Å². The fraction of sp³-hybridized carbons (Fsp3) is 0.0714. The minimum atomic E-state index is 1.06. The van der Waals surface area contributed by atoms with Crippen molar-refractivity contribution < 1.29 is 0 Å². The summed E-state index contributed by atoms with van der Waals surface area (Å²) in [6.07, 6.45) is 3.80. The third kappa shape index (κ3) is 1.39. The standard InChI is InChI=1S/C14H12N2/c1-10-3-2-7-16-14(10)12-4-5-13-11(9-12)6-8-15-13/h2-9,15H,1H3. The van der Waals surface area contributed by atoms with Crippen molar-refractivity contribution in [1.82, 2.24) is 9.97 Å². The summed E-state index contributed by atoms with van der Waals surface area (Å²) in [6, 6.07) is 12.5. The third-order valence-corrected chi connectivity index (χ3v) is 2.84. The van der Waals surface area contributed by atoms with E-state index in [0.29, 0.717) is 0 Å². The van der Waals surface area contributed by atoms with E-state index in [-0.39, 0.29) is 0 Å². The number of aromatic nitrogens is 2. The number of H-pyrrole nitrogens is 1. The van der Waals surface area contributed by atoms with Crippen LogP contribution in [0.3, 0.4) is 0 Å². The van der Waals surface area contributed by atoms with Crippen LogP contribution in [0.1, 0.15) is 5.56 Å². The van der Waals surface area contributed by atoms with Gasteiger partial charge in [-0.2, -0.15) is 0 Å². The highest BCUT2D eigenvalue weighted by Crippen LogP contribution is 2.24. The van der Waals surface area contributed by atoms with Gasteiger partial charge in [0.25, 0.3) is 0 Å². The fourth-order valence-corrected chi connectivity index (χ4v) is 1.99. The molecule has 78 valence electrons. The van der Waals surface area contributed by atoms with E-state index in [4.69, 9.17) is 0 Å². The van der Waals surface area contributed by atoms with Gasteiger partial charge >= 0.3 is 0 Å². The van der Waals surface area contributed by atoms with Gasteiger partial charge in [-0.15, -0.1) is 0 Å². The number of fused-ring (bicyclic) bond motifs is 1. The number of benzene rings is 1. The second-order valence-corrected chi connectivity index (χ2v) is 3.95. The SMILES string of the molecule is Cc1cccnc1-c1ccc2[nH]ccc2c1. The molecule has 0 atom stereocenters. The smallest absolute Gasteiger partial charge is 0.0731 e. The Morgan fingerprint density at radius 2 is 2.06 bits per heavy atom. The summed E-state index contributed by atoms with van der Waals surface area (Å²) in [6.45, 7) is 2.09. The molecule has 2 nitrogen and oxygen atoms in total. The molecular weight excluding hydrogens is 196 g/mol. The van der Waals surface area contributed by atoms with Crippen molar-refractivity contribution in [1.29, 1.82) is 0 Å². The summed E-state index contributed by atoms with van der Waals surface area (Å²) in [4.78, 5) is 7.62. The largest absolute Gasteiger partial charge is 0.361 e. The number of pyridine rings is 1. The first-order valence-electron chi connectivity index (χ1n) is 5.34. The molecule has 0 bridgehead atoms. The van der Waals surface area contributed by atoms with Crippen LogP contribution in [0.4, 0.5) is 0 Å². The van der Waals surface area contributed by atoms with Crippen LogP contribution in [-0.2, 0) is 0 Å². The van der Waals surface area contributed by atoms with E-state index in [9.17, 15) is 0 Å². The van der Waals surface area contributed by atoms with Gasteiger partial charge in [0.05, 0.1) is 5.69 Å². The topological polar surface area (TPSA) is 28.7 Å². The van der Waals surface area contributed by atoms with E-state index in [0.717, 1.165) is 11.2 Å². The minimum Gasteiger partial charge on any atom is -0.361 e. The Balaban J connectivity index is 2.22. The quantitative estimate of drug-likeness (QED) is 0.651. The van der Waals surface area contributed by atoms with E-state index in [2.05, 4.69) is 47.2 Å². The summed E-state index contributed by atoms with van der Waals surface area (Å²) >= 11 is 0. The lowest BCUT2D eigenvalue weighted by molar-refractivity contribution is 1.27. The minimum absolute atomic E-state index is 1.06.